The van der Waals surface area contributed by atoms with Crippen LogP contribution in [-0.4, -0.2) is 17.6 Å². The largest absolute Gasteiger partial charge is 0.543 e. The highest BCUT2D eigenvalue weighted by atomic mass is 32.1. The first kappa shape index (κ1) is 14.5. The second-order valence-electron chi connectivity index (χ2n) is 4.55. The van der Waals surface area contributed by atoms with E-state index in [1.165, 1.54) is 16.7 Å². The Hall–Kier alpha value is -1.88. The molecule has 0 N–H and O–H groups in total. The molecule has 0 saturated heterocycles. The van der Waals surface area contributed by atoms with Crippen molar-refractivity contribution in [2.24, 2.45) is 0 Å². The Labute approximate surface area is 122 Å². The van der Waals surface area contributed by atoms with Crippen molar-refractivity contribution in [3.63, 3.8) is 0 Å². The van der Waals surface area contributed by atoms with Crippen LogP contribution in [0.2, 0.25) is 0 Å². The van der Waals surface area contributed by atoms with Crippen molar-refractivity contribution in [1.29, 1.82) is 0 Å². The number of thiazole rings is 1. The SMILES string of the molecule is CCCOc1ccc(C)cc1Cc1nc(C(=O)[O-])cs1. The summed E-state index contributed by atoms with van der Waals surface area (Å²) in [6.07, 6.45) is 1.51. The molecule has 0 spiro atoms. The van der Waals surface area contributed by atoms with Gasteiger partial charge in [0.25, 0.3) is 0 Å². The van der Waals surface area contributed by atoms with E-state index in [4.69, 9.17) is 4.74 Å². The van der Waals surface area contributed by atoms with Crippen LogP contribution in [0, 0.1) is 6.92 Å². The number of benzene rings is 1. The van der Waals surface area contributed by atoms with E-state index in [1.807, 2.05) is 25.1 Å². The van der Waals surface area contributed by atoms with Crippen molar-refractivity contribution < 1.29 is 14.6 Å². The van der Waals surface area contributed by atoms with E-state index in [-0.39, 0.29) is 5.69 Å². The lowest BCUT2D eigenvalue weighted by atomic mass is 10.1. The van der Waals surface area contributed by atoms with Crippen molar-refractivity contribution in [2.75, 3.05) is 6.61 Å². The first-order valence-corrected chi connectivity index (χ1v) is 7.36. The fraction of sp³-hybridized carbons (Fsp3) is 0.333. The van der Waals surface area contributed by atoms with E-state index < -0.39 is 5.97 Å². The Morgan fingerprint density at radius 1 is 1.45 bits per heavy atom. The highest BCUT2D eigenvalue weighted by Gasteiger charge is 2.09. The minimum absolute atomic E-state index is 0.00585. The van der Waals surface area contributed by atoms with Gasteiger partial charge in [-0.3, -0.25) is 0 Å². The number of rotatable bonds is 6. The molecule has 0 aliphatic heterocycles. The Morgan fingerprint density at radius 2 is 2.25 bits per heavy atom. The van der Waals surface area contributed by atoms with E-state index in [9.17, 15) is 9.90 Å². The van der Waals surface area contributed by atoms with E-state index in [2.05, 4.69) is 11.9 Å². The number of aromatic carboxylic acids is 1. The van der Waals surface area contributed by atoms with Crippen molar-refractivity contribution >= 4 is 17.3 Å². The zero-order valence-electron chi connectivity index (χ0n) is 11.5. The number of ether oxygens (including phenoxy) is 1. The summed E-state index contributed by atoms with van der Waals surface area (Å²) in [6.45, 7) is 4.74. The standard InChI is InChI=1S/C15H17NO3S/c1-3-6-19-13-5-4-10(2)7-11(13)8-14-16-12(9-20-14)15(17)18/h4-5,7,9H,3,6,8H2,1-2H3,(H,17,18)/p-1. The molecule has 5 heteroatoms. The van der Waals surface area contributed by atoms with E-state index in [1.54, 1.807) is 0 Å². The monoisotopic (exact) mass is 290 g/mol. The summed E-state index contributed by atoms with van der Waals surface area (Å²) in [6, 6.07) is 6.00. The average molecular weight is 290 g/mol. The molecule has 2 rings (SSSR count). The van der Waals surface area contributed by atoms with E-state index in [0.717, 1.165) is 28.3 Å². The Bertz CT molecular complexity index is 607. The molecule has 20 heavy (non-hydrogen) atoms. The maximum atomic E-state index is 10.7. The Kier molecular flexibility index (Phi) is 4.74. The van der Waals surface area contributed by atoms with Crippen LogP contribution in [0.5, 0.6) is 5.75 Å². The lowest BCUT2D eigenvalue weighted by molar-refractivity contribution is -0.255. The number of carbonyl (C=O) groups excluding carboxylic acids is 1. The molecular weight excluding hydrogens is 274 g/mol. The summed E-state index contributed by atoms with van der Waals surface area (Å²) in [7, 11) is 0. The number of carboxylic acid groups (broad SMARTS) is 1. The molecule has 0 saturated carbocycles. The lowest BCUT2D eigenvalue weighted by Gasteiger charge is -2.11. The summed E-state index contributed by atoms with van der Waals surface area (Å²) in [4.78, 5) is 14.8. The molecule has 106 valence electrons. The van der Waals surface area contributed by atoms with Crippen LogP contribution in [0.25, 0.3) is 0 Å². The predicted octanol–water partition coefficient (Wildman–Crippen LogP) is 2.19. The van der Waals surface area contributed by atoms with Gasteiger partial charge in [0.15, 0.2) is 0 Å². The Morgan fingerprint density at radius 3 is 2.90 bits per heavy atom. The molecule has 0 aliphatic carbocycles. The second-order valence-corrected chi connectivity index (χ2v) is 5.49. The molecule has 1 aromatic heterocycles. The van der Waals surface area contributed by atoms with Gasteiger partial charge in [-0.1, -0.05) is 24.6 Å². The summed E-state index contributed by atoms with van der Waals surface area (Å²) in [5, 5.41) is 13.0. The third kappa shape index (κ3) is 3.57. The highest BCUT2D eigenvalue weighted by Crippen LogP contribution is 2.24. The molecule has 0 amide bonds. The summed E-state index contributed by atoms with van der Waals surface area (Å²) >= 11 is 1.32. The minimum atomic E-state index is -1.24. The molecule has 1 aromatic carbocycles. The molecule has 0 radical (unpaired) electrons. The topological polar surface area (TPSA) is 62.2 Å². The first-order valence-electron chi connectivity index (χ1n) is 6.48. The van der Waals surface area contributed by atoms with Crippen molar-refractivity contribution in [3.8, 4) is 5.75 Å². The normalized spacial score (nSPS) is 10.5. The lowest BCUT2D eigenvalue weighted by Crippen LogP contribution is -2.22. The fourth-order valence-electron chi connectivity index (χ4n) is 1.85. The van der Waals surface area contributed by atoms with Gasteiger partial charge >= 0.3 is 0 Å². The molecule has 0 atom stereocenters. The number of nitrogens with zero attached hydrogens (tertiary/aromatic N) is 1. The summed E-state index contributed by atoms with van der Waals surface area (Å²) < 4.78 is 5.72. The molecule has 2 aromatic rings. The van der Waals surface area contributed by atoms with Gasteiger partial charge in [-0.15, -0.1) is 11.3 Å². The molecule has 1 heterocycles. The van der Waals surface area contributed by atoms with Gasteiger partial charge < -0.3 is 14.6 Å². The predicted molar refractivity (Wildman–Crippen MR) is 76.2 cm³/mol. The van der Waals surface area contributed by atoms with Crippen LogP contribution in [-0.2, 0) is 6.42 Å². The van der Waals surface area contributed by atoms with Gasteiger partial charge in [-0.05, 0) is 19.4 Å². The van der Waals surface area contributed by atoms with Gasteiger partial charge in [-0.25, -0.2) is 4.98 Å². The highest BCUT2D eigenvalue weighted by molar-refractivity contribution is 7.09. The van der Waals surface area contributed by atoms with Gasteiger partial charge in [-0.2, -0.15) is 0 Å². The number of carbonyl (C=O) groups is 1. The first-order chi connectivity index (χ1) is 9.60. The molecule has 0 unspecified atom stereocenters. The van der Waals surface area contributed by atoms with Crippen molar-refractivity contribution in [1.82, 2.24) is 4.98 Å². The zero-order chi connectivity index (χ0) is 14.5. The number of carboxylic acids is 1. The third-order valence-corrected chi connectivity index (χ3v) is 3.63. The average Bonchev–Trinajstić information content (AvgIpc) is 2.87. The molecular formula is C15H16NO3S-. The van der Waals surface area contributed by atoms with Crippen LogP contribution in [0.4, 0.5) is 0 Å². The van der Waals surface area contributed by atoms with Crippen LogP contribution in [0.15, 0.2) is 23.6 Å². The van der Waals surface area contributed by atoms with Gasteiger partial charge in [0.1, 0.15) is 5.75 Å². The zero-order valence-corrected chi connectivity index (χ0v) is 12.3. The fourth-order valence-corrected chi connectivity index (χ4v) is 2.63. The number of hydrogen-bond donors (Lipinski definition) is 0. The Balaban J connectivity index is 2.21. The second kappa shape index (κ2) is 6.52. The minimum Gasteiger partial charge on any atom is -0.543 e. The number of aryl methyl sites for hydroxylation is 1. The molecule has 4 nitrogen and oxygen atoms in total. The molecule has 0 bridgehead atoms. The third-order valence-electron chi connectivity index (χ3n) is 2.78. The van der Waals surface area contributed by atoms with Gasteiger partial charge in [0.05, 0.1) is 23.3 Å². The number of aromatic nitrogens is 1. The van der Waals surface area contributed by atoms with E-state index >= 15 is 0 Å². The van der Waals surface area contributed by atoms with Crippen molar-refractivity contribution in [2.45, 2.75) is 26.7 Å². The molecule has 0 fully saturated rings. The van der Waals surface area contributed by atoms with Gasteiger partial charge in [0, 0.05) is 17.4 Å². The van der Waals surface area contributed by atoms with Gasteiger partial charge in [0.2, 0.25) is 0 Å². The van der Waals surface area contributed by atoms with Crippen molar-refractivity contribution in [3.05, 3.63) is 45.4 Å². The maximum Gasteiger partial charge on any atom is 0.122 e. The summed E-state index contributed by atoms with van der Waals surface area (Å²) in [5.74, 6) is -0.401. The van der Waals surface area contributed by atoms with Crippen LogP contribution < -0.4 is 9.84 Å². The quantitative estimate of drug-likeness (QED) is 0.818. The van der Waals surface area contributed by atoms with Crippen LogP contribution in [0.3, 0.4) is 0 Å². The van der Waals surface area contributed by atoms with E-state index in [0.29, 0.717) is 13.0 Å². The van der Waals surface area contributed by atoms with Crippen LogP contribution in [0.1, 0.15) is 40.0 Å². The molecule has 0 aliphatic rings. The number of hydrogen-bond acceptors (Lipinski definition) is 5. The maximum absolute atomic E-state index is 10.7. The van der Waals surface area contributed by atoms with Crippen LogP contribution >= 0.6 is 11.3 Å². The smallest absolute Gasteiger partial charge is 0.122 e. The summed E-state index contributed by atoms with van der Waals surface area (Å²) in [5.41, 5.74) is 2.16.